The van der Waals surface area contributed by atoms with Crippen LogP contribution in [0.25, 0.3) is 0 Å². The lowest BCUT2D eigenvalue weighted by molar-refractivity contribution is 0.513. The Morgan fingerprint density at radius 3 is 2.85 bits per heavy atom. The van der Waals surface area contributed by atoms with Gasteiger partial charge in [0, 0.05) is 10.5 Å². The van der Waals surface area contributed by atoms with Gasteiger partial charge < -0.3 is 5.73 Å². The van der Waals surface area contributed by atoms with Crippen molar-refractivity contribution >= 4 is 15.9 Å². The van der Waals surface area contributed by atoms with Crippen LogP contribution in [0.5, 0.6) is 0 Å². The predicted octanol–water partition coefficient (Wildman–Crippen LogP) is 2.95. The highest BCUT2D eigenvalue weighted by atomic mass is 79.9. The molecule has 1 aliphatic carbocycles. The number of rotatable bonds is 0. The second-order valence-electron chi connectivity index (χ2n) is 4.02. The summed E-state index contributed by atoms with van der Waals surface area (Å²) in [6.07, 6.45) is 1.11. The molecule has 2 heteroatoms. The Balaban J connectivity index is 2.57. The molecule has 2 atom stereocenters. The number of fused-ring (bicyclic) bond motifs is 1. The number of benzene rings is 1. The van der Waals surface area contributed by atoms with Crippen LogP contribution in [0, 0.1) is 12.8 Å². The summed E-state index contributed by atoms with van der Waals surface area (Å²) in [5.41, 5.74) is 10.1. The number of aryl methyl sites for hydroxylation is 1. The van der Waals surface area contributed by atoms with Gasteiger partial charge in [-0.05, 0) is 42.0 Å². The largest absolute Gasteiger partial charge is 0.324 e. The van der Waals surface area contributed by atoms with E-state index in [1.165, 1.54) is 21.2 Å². The van der Waals surface area contributed by atoms with E-state index in [9.17, 15) is 0 Å². The molecule has 0 heterocycles. The Bertz CT molecular complexity index is 346. The van der Waals surface area contributed by atoms with E-state index in [1.807, 2.05) is 0 Å². The molecule has 0 saturated heterocycles. The van der Waals surface area contributed by atoms with Crippen LogP contribution in [0.2, 0.25) is 0 Å². The van der Waals surface area contributed by atoms with Gasteiger partial charge in [0.15, 0.2) is 0 Å². The molecule has 0 saturated carbocycles. The van der Waals surface area contributed by atoms with Crippen molar-refractivity contribution in [1.82, 2.24) is 0 Å². The first-order chi connectivity index (χ1) is 6.09. The Labute approximate surface area is 87.5 Å². The molecule has 0 amide bonds. The second-order valence-corrected chi connectivity index (χ2v) is 4.88. The number of hydrogen-bond donors (Lipinski definition) is 1. The molecule has 1 aliphatic rings. The van der Waals surface area contributed by atoms with E-state index < -0.39 is 0 Å². The molecule has 70 valence electrons. The molecule has 0 aromatic heterocycles. The summed E-state index contributed by atoms with van der Waals surface area (Å²) in [5, 5.41) is 0. The first-order valence-corrected chi connectivity index (χ1v) is 5.43. The van der Waals surface area contributed by atoms with Crippen molar-refractivity contribution in [3.8, 4) is 0 Å². The third-order valence-corrected chi connectivity index (χ3v) is 3.58. The number of halogens is 1. The minimum Gasteiger partial charge on any atom is -0.324 e. The Kier molecular flexibility index (Phi) is 2.20. The molecule has 0 radical (unpaired) electrons. The predicted molar refractivity (Wildman–Crippen MR) is 58.7 cm³/mol. The van der Waals surface area contributed by atoms with E-state index in [2.05, 4.69) is 41.9 Å². The van der Waals surface area contributed by atoms with Crippen molar-refractivity contribution in [3.05, 3.63) is 33.3 Å². The smallest absolute Gasteiger partial charge is 0.0327 e. The van der Waals surface area contributed by atoms with Crippen LogP contribution < -0.4 is 5.73 Å². The maximum Gasteiger partial charge on any atom is 0.0327 e. The van der Waals surface area contributed by atoms with E-state index in [1.54, 1.807) is 0 Å². The molecule has 1 nitrogen and oxygen atoms in total. The van der Waals surface area contributed by atoms with Crippen LogP contribution in [-0.4, -0.2) is 0 Å². The van der Waals surface area contributed by atoms with Crippen LogP contribution in [0.3, 0.4) is 0 Å². The fourth-order valence-electron chi connectivity index (χ4n) is 2.07. The first-order valence-electron chi connectivity index (χ1n) is 4.64. The zero-order valence-corrected chi connectivity index (χ0v) is 9.56. The first kappa shape index (κ1) is 9.22. The Hall–Kier alpha value is -0.340. The summed E-state index contributed by atoms with van der Waals surface area (Å²) in [6, 6.07) is 4.61. The van der Waals surface area contributed by atoms with Gasteiger partial charge in [-0.2, -0.15) is 0 Å². The van der Waals surface area contributed by atoms with E-state index in [0.29, 0.717) is 5.92 Å². The normalized spacial score (nSPS) is 26.2. The fourth-order valence-corrected chi connectivity index (χ4v) is 2.82. The van der Waals surface area contributed by atoms with Gasteiger partial charge >= 0.3 is 0 Å². The molecular weight excluding hydrogens is 226 g/mol. The quantitative estimate of drug-likeness (QED) is 0.741. The Morgan fingerprint density at radius 1 is 1.46 bits per heavy atom. The zero-order valence-electron chi connectivity index (χ0n) is 7.97. The maximum absolute atomic E-state index is 6.11. The van der Waals surface area contributed by atoms with Crippen LogP contribution in [0.15, 0.2) is 16.6 Å². The van der Waals surface area contributed by atoms with Crippen molar-refractivity contribution in [2.24, 2.45) is 11.7 Å². The summed E-state index contributed by atoms with van der Waals surface area (Å²) in [7, 11) is 0. The van der Waals surface area contributed by atoms with Gasteiger partial charge in [-0.15, -0.1) is 0 Å². The zero-order chi connectivity index (χ0) is 9.59. The molecule has 0 fully saturated rings. The monoisotopic (exact) mass is 239 g/mol. The third kappa shape index (κ3) is 1.42. The molecule has 1 aromatic rings. The van der Waals surface area contributed by atoms with E-state index in [-0.39, 0.29) is 6.04 Å². The van der Waals surface area contributed by atoms with Crippen LogP contribution in [0.4, 0.5) is 0 Å². The van der Waals surface area contributed by atoms with E-state index in [4.69, 9.17) is 5.73 Å². The molecular formula is C11H14BrN. The molecule has 13 heavy (non-hydrogen) atoms. The average molecular weight is 240 g/mol. The standard InChI is InChI=1S/C11H14BrN/c1-6-3-9-8(10(12)4-6)5-7(2)11(9)13/h3-4,7,11H,5,13H2,1-2H3. The van der Waals surface area contributed by atoms with Crippen molar-refractivity contribution < 1.29 is 0 Å². The van der Waals surface area contributed by atoms with Crippen LogP contribution >= 0.6 is 15.9 Å². The van der Waals surface area contributed by atoms with Crippen molar-refractivity contribution in [1.29, 1.82) is 0 Å². The van der Waals surface area contributed by atoms with Gasteiger partial charge in [0.1, 0.15) is 0 Å². The lowest BCUT2D eigenvalue weighted by atomic mass is 10.0. The SMILES string of the molecule is Cc1cc(Br)c2c(c1)C(N)C(C)C2. The van der Waals surface area contributed by atoms with Crippen molar-refractivity contribution in [2.45, 2.75) is 26.3 Å². The topological polar surface area (TPSA) is 26.0 Å². The second kappa shape index (κ2) is 3.10. The molecule has 0 aliphatic heterocycles. The summed E-state index contributed by atoms with van der Waals surface area (Å²) in [4.78, 5) is 0. The minimum atomic E-state index is 0.228. The third-order valence-electron chi connectivity index (χ3n) is 2.87. The van der Waals surface area contributed by atoms with Gasteiger partial charge in [0.05, 0.1) is 0 Å². The van der Waals surface area contributed by atoms with Crippen molar-refractivity contribution in [3.63, 3.8) is 0 Å². The molecule has 0 spiro atoms. The minimum absolute atomic E-state index is 0.228. The van der Waals surface area contributed by atoms with Crippen LogP contribution in [-0.2, 0) is 6.42 Å². The molecule has 1 aromatic carbocycles. The average Bonchev–Trinajstić information content (AvgIpc) is 2.32. The van der Waals surface area contributed by atoms with Gasteiger partial charge in [-0.3, -0.25) is 0 Å². The summed E-state index contributed by atoms with van der Waals surface area (Å²) in [6.45, 7) is 4.33. The lowest BCUT2D eigenvalue weighted by Gasteiger charge is -2.10. The van der Waals surface area contributed by atoms with E-state index >= 15 is 0 Å². The van der Waals surface area contributed by atoms with Crippen LogP contribution in [0.1, 0.15) is 29.7 Å². The van der Waals surface area contributed by atoms with Gasteiger partial charge in [0.25, 0.3) is 0 Å². The van der Waals surface area contributed by atoms with Gasteiger partial charge in [0.2, 0.25) is 0 Å². The highest BCUT2D eigenvalue weighted by molar-refractivity contribution is 9.10. The fraction of sp³-hybridized carbons (Fsp3) is 0.455. The number of nitrogens with two attached hydrogens (primary N) is 1. The summed E-state index contributed by atoms with van der Waals surface area (Å²) < 4.78 is 1.22. The van der Waals surface area contributed by atoms with E-state index in [0.717, 1.165) is 6.42 Å². The maximum atomic E-state index is 6.11. The summed E-state index contributed by atoms with van der Waals surface area (Å²) in [5.74, 6) is 0.577. The molecule has 0 bridgehead atoms. The van der Waals surface area contributed by atoms with Crippen molar-refractivity contribution in [2.75, 3.05) is 0 Å². The summed E-state index contributed by atoms with van der Waals surface area (Å²) >= 11 is 3.60. The highest BCUT2D eigenvalue weighted by Crippen LogP contribution is 2.38. The van der Waals surface area contributed by atoms with Gasteiger partial charge in [-0.1, -0.05) is 28.9 Å². The lowest BCUT2D eigenvalue weighted by Crippen LogP contribution is -2.13. The number of hydrogen-bond acceptors (Lipinski definition) is 1. The highest BCUT2D eigenvalue weighted by Gasteiger charge is 2.27. The Morgan fingerprint density at radius 2 is 2.15 bits per heavy atom. The molecule has 2 N–H and O–H groups in total. The molecule has 2 unspecified atom stereocenters. The van der Waals surface area contributed by atoms with Gasteiger partial charge in [-0.25, -0.2) is 0 Å². The molecule has 2 rings (SSSR count).